The van der Waals surface area contributed by atoms with Gasteiger partial charge in [0, 0.05) is 32.0 Å². The SMILES string of the molecule is O=C(COc1ccc(F)cc1)N1CCC2(CC1)CC(Cc1nc(C3CC3)no1)CCO2. The normalized spacial score (nSPS) is 23.1. The van der Waals surface area contributed by atoms with Crippen LogP contribution in [0.2, 0.25) is 0 Å². The van der Waals surface area contributed by atoms with Crippen molar-refractivity contribution in [3.63, 3.8) is 0 Å². The first-order valence-electron chi connectivity index (χ1n) is 11.2. The predicted octanol–water partition coefficient (Wildman–Crippen LogP) is 3.50. The number of nitrogens with zero attached hydrogens (tertiary/aromatic N) is 3. The summed E-state index contributed by atoms with van der Waals surface area (Å²) in [6.07, 6.45) is 6.75. The monoisotopic (exact) mass is 429 g/mol. The Morgan fingerprint density at radius 3 is 2.71 bits per heavy atom. The number of carbonyl (C=O) groups excluding carboxylic acids is 1. The first kappa shape index (κ1) is 20.4. The van der Waals surface area contributed by atoms with Gasteiger partial charge in [0.15, 0.2) is 12.4 Å². The summed E-state index contributed by atoms with van der Waals surface area (Å²) in [5.41, 5.74) is -0.170. The van der Waals surface area contributed by atoms with Gasteiger partial charge in [-0.25, -0.2) is 4.39 Å². The molecular weight excluding hydrogens is 401 g/mol. The Balaban J connectivity index is 1.10. The Morgan fingerprint density at radius 1 is 1.19 bits per heavy atom. The Bertz CT molecular complexity index is 904. The van der Waals surface area contributed by atoms with Crippen LogP contribution in [-0.2, 0) is 16.0 Å². The first-order chi connectivity index (χ1) is 15.1. The number of rotatable bonds is 6. The summed E-state index contributed by atoms with van der Waals surface area (Å²) < 4.78 is 30.2. The standard InChI is InChI=1S/C23H28FN3O4/c24-18-3-5-19(6-4-18)29-15-21(28)27-10-8-23(9-11-27)14-16(7-12-30-23)13-20-25-22(26-31-20)17-1-2-17/h3-6,16-17H,1-2,7-15H2. The van der Waals surface area contributed by atoms with E-state index >= 15 is 0 Å². The number of hydrogen-bond acceptors (Lipinski definition) is 6. The zero-order valence-corrected chi connectivity index (χ0v) is 17.6. The molecule has 2 aromatic rings. The van der Waals surface area contributed by atoms with Crippen LogP contribution in [0, 0.1) is 11.7 Å². The van der Waals surface area contributed by atoms with E-state index in [4.69, 9.17) is 14.0 Å². The molecule has 1 aromatic heterocycles. The maximum absolute atomic E-state index is 13.0. The van der Waals surface area contributed by atoms with E-state index in [1.165, 1.54) is 37.1 Å². The van der Waals surface area contributed by atoms with Crippen LogP contribution in [0.1, 0.15) is 56.2 Å². The first-order valence-corrected chi connectivity index (χ1v) is 11.2. The molecule has 2 saturated heterocycles. The van der Waals surface area contributed by atoms with Gasteiger partial charge in [-0.3, -0.25) is 4.79 Å². The molecule has 0 radical (unpaired) electrons. The summed E-state index contributed by atoms with van der Waals surface area (Å²) in [6.45, 7) is 2.01. The lowest BCUT2D eigenvalue weighted by atomic mass is 9.78. The topological polar surface area (TPSA) is 77.7 Å². The van der Waals surface area contributed by atoms with Gasteiger partial charge in [-0.1, -0.05) is 5.16 Å². The minimum Gasteiger partial charge on any atom is -0.484 e. The molecule has 1 spiro atoms. The van der Waals surface area contributed by atoms with Gasteiger partial charge in [-0.15, -0.1) is 0 Å². The van der Waals surface area contributed by atoms with Crippen LogP contribution in [0.15, 0.2) is 28.8 Å². The molecule has 3 heterocycles. The minimum absolute atomic E-state index is 0.0391. The summed E-state index contributed by atoms with van der Waals surface area (Å²) in [6, 6.07) is 5.70. The molecule has 5 rings (SSSR count). The van der Waals surface area contributed by atoms with Crippen LogP contribution >= 0.6 is 0 Å². The lowest BCUT2D eigenvalue weighted by Gasteiger charge is -2.46. The molecule has 31 heavy (non-hydrogen) atoms. The Kier molecular flexibility index (Phi) is 5.65. The van der Waals surface area contributed by atoms with Crippen LogP contribution in [0.5, 0.6) is 5.75 Å². The number of halogens is 1. The van der Waals surface area contributed by atoms with Gasteiger partial charge in [0.05, 0.1) is 5.60 Å². The van der Waals surface area contributed by atoms with E-state index in [-0.39, 0.29) is 23.9 Å². The molecule has 1 atom stereocenters. The van der Waals surface area contributed by atoms with Crippen molar-refractivity contribution in [1.29, 1.82) is 0 Å². The molecule has 1 aromatic carbocycles. The fourth-order valence-electron chi connectivity index (χ4n) is 4.69. The molecule has 0 bridgehead atoms. The number of likely N-dealkylation sites (tertiary alicyclic amines) is 1. The highest BCUT2D eigenvalue weighted by atomic mass is 19.1. The molecule has 166 valence electrons. The molecule has 8 heteroatoms. The highest BCUT2D eigenvalue weighted by Gasteiger charge is 2.41. The second-order valence-electron chi connectivity index (χ2n) is 9.04. The average molecular weight is 429 g/mol. The molecule has 0 N–H and O–H groups in total. The fourth-order valence-corrected chi connectivity index (χ4v) is 4.69. The Morgan fingerprint density at radius 2 is 1.97 bits per heavy atom. The van der Waals surface area contributed by atoms with Gasteiger partial charge in [-0.05, 0) is 68.7 Å². The molecule has 3 aliphatic rings. The van der Waals surface area contributed by atoms with Crippen molar-refractivity contribution in [1.82, 2.24) is 15.0 Å². The van der Waals surface area contributed by atoms with Crippen LogP contribution in [0.4, 0.5) is 4.39 Å². The third-order valence-corrected chi connectivity index (χ3v) is 6.69. The van der Waals surface area contributed by atoms with Crippen LogP contribution in [0.3, 0.4) is 0 Å². The second kappa shape index (κ2) is 8.57. The number of aromatic nitrogens is 2. The van der Waals surface area contributed by atoms with E-state index in [2.05, 4.69) is 10.1 Å². The third kappa shape index (κ3) is 4.89. The van der Waals surface area contributed by atoms with Gasteiger partial charge >= 0.3 is 0 Å². The van der Waals surface area contributed by atoms with E-state index in [9.17, 15) is 9.18 Å². The largest absolute Gasteiger partial charge is 0.484 e. The summed E-state index contributed by atoms with van der Waals surface area (Å²) in [7, 11) is 0. The van der Waals surface area contributed by atoms with Crippen molar-refractivity contribution < 1.29 is 23.2 Å². The molecule has 7 nitrogen and oxygen atoms in total. The molecule has 2 aliphatic heterocycles. The number of amides is 1. The molecule has 1 aliphatic carbocycles. The third-order valence-electron chi connectivity index (χ3n) is 6.69. The fraction of sp³-hybridized carbons (Fsp3) is 0.609. The maximum Gasteiger partial charge on any atom is 0.260 e. The van der Waals surface area contributed by atoms with E-state index in [1.54, 1.807) is 0 Å². The summed E-state index contributed by atoms with van der Waals surface area (Å²) >= 11 is 0. The number of benzene rings is 1. The zero-order valence-electron chi connectivity index (χ0n) is 17.6. The zero-order chi connectivity index (χ0) is 21.3. The lowest BCUT2D eigenvalue weighted by molar-refractivity contribution is -0.148. The van der Waals surface area contributed by atoms with Crippen LogP contribution in [0.25, 0.3) is 0 Å². The molecule has 1 saturated carbocycles. The summed E-state index contributed by atoms with van der Waals surface area (Å²) in [5, 5.41) is 4.13. The number of ether oxygens (including phenoxy) is 2. The molecular formula is C23H28FN3O4. The van der Waals surface area contributed by atoms with Gasteiger partial charge in [-0.2, -0.15) is 4.98 Å². The van der Waals surface area contributed by atoms with Crippen molar-refractivity contribution in [3.05, 3.63) is 41.8 Å². The Labute approximate surface area is 180 Å². The van der Waals surface area contributed by atoms with Gasteiger partial charge in [0.1, 0.15) is 11.6 Å². The van der Waals surface area contributed by atoms with Gasteiger partial charge in [0.25, 0.3) is 5.91 Å². The smallest absolute Gasteiger partial charge is 0.260 e. The number of piperidine rings is 1. The van der Waals surface area contributed by atoms with Crippen molar-refractivity contribution >= 4 is 5.91 Å². The summed E-state index contributed by atoms with van der Waals surface area (Å²) in [5.74, 6) is 2.70. The highest BCUT2D eigenvalue weighted by Crippen LogP contribution is 2.40. The van der Waals surface area contributed by atoms with Gasteiger partial charge < -0.3 is 18.9 Å². The maximum atomic E-state index is 13.0. The lowest BCUT2D eigenvalue weighted by Crippen LogP contribution is -2.51. The van der Waals surface area contributed by atoms with Crippen LogP contribution in [-0.4, -0.2) is 52.9 Å². The number of hydrogen-bond donors (Lipinski definition) is 0. The van der Waals surface area contributed by atoms with Gasteiger partial charge in [0.2, 0.25) is 5.89 Å². The van der Waals surface area contributed by atoms with Crippen molar-refractivity contribution in [2.45, 2.75) is 56.5 Å². The van der Waals surface area contributed by atoms with Crippen molar-refractivity contribution in [2.24, 2.45) is 5.92 Å². The van der Waals surface area contributed by atoms with E-state index in [1.807, 2.05) is 4.90 Å². The molecule has 1 amide bonds. The van der Waals surface area contributed by atoms with E-state index in [0.29, 0.717) is 30.7 Å². The summed E-state index contributed by atoms with van der Waals surface area (Å²) in [4.78, 5) is 19.0. The minimum atomic E-state index is -0.326. The molecule has 1 unspecified atom stereocenters. The average Bonchev–Trinajstić information content (AvgIpc) is 3.53. The van der Waals surface area contributed by atoms with Crippen molar-refractivity contribution in [2.75, 3.05) is 26.3 Å². The number of carbonyl (C=O) groups is 1. The Hall–Kier alpha value is -2.48. The predicted molar refractivity (Wildman–Crippen MR) is 109 cm³/mol. The highest BCUT2D eigenvalue weighted by molar-refractivity contribution is 5.77. The molecule has 3 fully saturated rings. The quantitative estimate of drug-likeness (QED) is 0.700. The van der Waals surface area contributed by atoms with E-state index < -0.39 is 0 Å². The van der Waals surface area contributed by atoms with Crippen molar-refractivity contribution in [3.8, 4) is 5.75 Å². The van der Waals surface area contributed by atoms with Crippen LogP contribution < -0.4 is 4.74 Å². The van der Waals surface area contributed by atoms with E-state index in [0.717, 1.165) is 50.4 Å². The second-order valence-corrected chi connectivity index (χ2v) is 9.04.